The van der Waals surface area contributed by atoms with Gasteiger partial charge in [0.25, 0.3) is 0 Å². The molecule has 0 aliphatic rings. The van der Waals surface area contributed by atoms with Crippen LogP contribution in [-0.2, 0) is 11.2 Å². The molecule has 1 unspecified atom stereocenters. The highest BCUT2D eigenvalue weighted by molar-refractivity contribution is 7.09. The van der Waals surface area contributed by atoms with Gasteiger partial charge in [-0.1, -0.05) is 42.5 Å². The van der Waals surface area contributed by atoms with Gasteiger partial charge in [-0.2, -0.15) is 0 Å². The SMILES string of the molecule is CCC(C(=O)O)c1ccc(Oc2ccc(Cc3sc(=O)[nH]c3O)cc2)cc1. The van der Waals surface area contributed by atoms with E-state index in [1.807, 2.05) is 31.2 Å². The molecule has 3 N–H and O–H groups in total. The Hall–Kier alpha value is -3.06. The molecule has 0 bridgehead atoms. The van der Waals surface area contributed by atoms with Gasteiger partial charge in [0.1, 0.15) is 11.5 Å². The van der Waals surface area contributed by atoms with Crippen molar-refractivity contribution >= 4 is 17.3 Å². The van der Waals surface area contributed by atoms with Gasteiger partial charge < -0.3 is 14.9 Å². The molecule has 140 valence electrons. The van der Waals surface area contributed by atoms with E-state index in [2.05, 4.69) is 4.98 Å². The lowest BCUT2D eigenvalue weighted by Gasteiger charge is -2.11. The third kappa shape index (κ3) is 4.57. The first kappa shape index (κ1) is 18.7. The van der Waals surface area contributed by atoms with E-state index < -0.39 is 11.9 Å². The van der Waals surface area contributed by atoms with Crippen molar-refractivity contribution in [2.75, 3.05) is 0 Å². The Labute approximate surface area is 159 Å². The highest BCUT2D eigenvalue weighted by Crippen LogP contribution is 2.27. The summed E-state index contributed by atoms with van der Waals surface area (Å²) in [7, 11) is 0. The van der Waals surface area contributed by atoms with Crippen LogP contribution in [0.4, 0.5) is 0 Å². The Morgan fingerprint density at radius 1 is 1.11 bits per heavy atom. The number of aromatic nitrogens is 1. The van der Waals surface area contributed by atoms with Crippen molar-refractivity contribution < 1.29 is 19.7 Å². The first-order valence-corrected chi connectivity index (χ1v) is 9.28. The number of hydrogen-bond donors (Lipinski definition) is 3. The molecule has 2 aromatic carbocycles. The van der Waals surface area contributed by atoms with Gasteiger partial charge in [0.15, 0.2) is 0 Å². The van der Waals surface area contributed by atoms with Gasteiger partial charge >= 0.3 is 10.8 Å². The van der Waals surface area contributed by atoms with Gasteiger partial charge in [-0.05, 0) is 41.8 Å². The second-order valence-electron chi connectivity index (χ2n) is 6.08. The number of benzene rings is 2. The lowest BCUT2D eigenvalue weighted by atomic mass is 9.97. The monoisotopic (exact) mass is 385 g/mol. The van der Waals surface area contributed by atoms with E-state index in [0.29, 0.717) is 29.2 Å². The zero-order valence-corrected chi connectivity index (χ0v) is 15.5. The van der Waals surface area contributed by atoms with Crippen LogP contribution in [0.3, 0.4) is 0 Å². The Morgan fingerprint density at radius 3 is 2.19 bits per heavy atom. The molecule has 0 radical (unpaired) electrons. The van der Waals surface area contributed by atoms with E-state index in [1.54, 1.807) is 24.3 Å². The number of carboxylic acids is 1. The lowest BCUT2D eigenvalue weighted by Crippen LogP contribution is -2.10. The summed E-state index contributed by atoms with van der Waals surface area (Å²) in [4.78, 5) is 25.1. The summed E-state index contributed by atoms with van der Waals surface area (Å²) < 4.78 is 5.79. The molecule has 0 amide bonds. The van der Waals surface area contributed by atoms with Crippen LogP contribution in [0.5, 0.6) is 17.4 Å². The zero-order chi connectivity index (χ0) is 19.4. The number of ether oxygens (including phenoxy) is 1. The van der Waals surface area contributed by atoms with E-state index in [9.17, 15) is 19.8 Å². The summed E-state index contributed by atoms with van der Waals surface area (Å²) in [5.74, 6) is -0.173. The number of carboxylic acid groups (broad SMARTS) is 1. The number of aliphatic carboxylic acids is 1. The fourth-order valence-corrected chi connectivity index (χ4v) is 3.55. The third-order valence-corrected chi connectivity index (χ3v) is 5.08. The smallest absolute Gasteiger partial charge is 0.310 e. The fourth-order valence-electron chi connectivity index (χ4n) is 2.79. The summed E-state index contributed by atoms with van der Waals surface area (Å²) in [6.45, 7) is 1.84. The van der Waals surface area contributed by atoms with E-state index >= 15 is 0 Å². The topological polar surface area (TPSA) is 99.6 Å². The molecule has 0 fully saturated rings. The summed E-state index contributed by atoms with van der Waals surface area (Å²) in [6, 6.07) is 14.4. The van der Waals surface area contributed by atoms with E-state index in [1.165, 1.54) is 0 Å². The van der Waals surface area contributed by atoms with Crippen LogP contribution < -0.4 is 9.61 Å². The van der Waals surface area contributed by atoms with Gasteiger partial charge in [-0.25, -0.2) is 0 Å². The molecule has 0 aliphatic heterocycles. The largest absolute Gasteiger partial charge is 0.494 e. The highest BCUT2D eigenvalue weighted by Gasteiger charge is 2.17. The molecule has 0 saturated heterocycles. The Morgan fingerprint density at radius 2 is 1.70 bits per heavy atom. The normalized spacial score (nSPS) is 11.9. The first-order valence-electron chi connectivity index (χ1n) is 8.46. The van der Waals surface area contributed by atoms with E-state index in [4.69, 9.17) is 4.74 Å². The molecule has 3 rings (SSSR count). The number of carbonyl (C=O) groups is 1. The number of H-pyrrole nitrogens is 1. The second-order valence-corrected chi connectivity index (χ2v) is 7.14. The van der Waals surface area contributed by atoms with Crippen LogP contribution in [0, 0.1) is 0 Å². The number of nitrogens with one attached hydrogen (secondary N) is 1. The molecular formula is C20H19NO5S. The number of hydrogen-bond acceptors (Lipinski definition) is 5. The summed E-state index contributed by atoms with van der Waals surface area (Å²) >= 11 is 0.989. The minimum Gasteiger partial charge on any atom is -0.494 e. The number of thiazole rings is 1. The molecule has 0 spiro atoms. The minimum absolute atomic E-state index is 0.0860. The van der Waals surface area contributed by atoms with Gasteiger partial charge in [-0.15, -0.1) is 0 Å². The van der Waals surface area contributed by atoms with Crippen LogP contribution in [0.15, 0.2) is 53.3 Å². The average molecular weight is 385 g/mol. The predicted octanol–water partition coefficient (Wildman–Crippen LogP) is 4.10. The van der Waals surface area contributed by atoms with Crippen molar-refractivity contribution in [2.24, 2.45) is 0 Å². The maximum Gasteiger partial charge on any atom is 0.310 e. The number of aromatic hydroxyl groups is 1. The molecule has 1 aromatic heterocycles. The van der Waals surface area contributed by atoms with Gasteiger partial charge in [0.05, 0.1) is 10.8 Å². The zero-order valence-electron chi connectivity index (χ0n) is 14.6. The van der Waals surface area contributed by atoms with Crippen molar-refractivity contribution in [1.29, 1.82) is 0 Å². The maximum atomic E-state index is 11.2. The molecule has 1 atom stereocenters. The second kappa shape index (κ2) is 8.09. The highest BCUT2D eigenvalue weighted by atomic mass is 32.1. The summed E-state index contributed by atoms with van der Waals surface area (Å²) in [5.41, 5.74) is 1.69. The van der Waals surface area contributed by atoms with Crippen molar-refractivity contribution in [2.45, 2.75) is 25.7 Å². The number of rotatable bonds is 7. The van der Waals surface area contributed by atoms with Crippen LogP contribution in [0.25, 0.3) is 0 Å². The first-order chi connectivity index (χ1) is 13.0. The predicted molar refractivity (Wildman–Crippen MR) is 103 cm³/mol. The molecule has 1 heterocycles. The van der Waals surface area contributed by atoms with Crippen molar-refractivity contribution in [1.82, 2.24) is 4.98 Å². The summed E-state index contributed by atoms with van der Waals surface area (Å²) in [6.07, 6.45) is 0.986. The van der Waals surface area contributed by atoms with Gasteiger partial charge in [0, 0.05) is 6.42 Å². The van der Waals surface area contributed by atoms with Crippen molar-refractivity contribution in [3.8, 4) is 17.4 Å². The van der Waals surface area contributed by atoms with Crippen molar-refractivity contribution in [3.05, 3.63) is 74.2 Å². The molecule has 3 aromatic rings. The minimum atomic E-state index is -0.833. The van der Waals surface area contributed by atoms with Crippen LogP contribution >= 0.6 is 11.3 Å². The molecule has 6 nitrogen and oxygen atoms in total. The summed E-state index contributed by atoms with van der Waals surface area (Å²) in [5, 5.41) is 18.9. The van der Waals surface area contributed by atoms with Crippen LogP contribution in [0.1, 0.15) is 35.3 Å². The molecule has 0 aliphatic carbocycles. The number of aromatic amines is 1. The molecular weight excluding hydrogens is 366 g/mol. The van der Waals surface area contributed by atoms with Crippen molar-refractivity contribution in [3.63, 3.8) is 0 Å². The van der Waals surface area contributed by atoms with Crippen LogP contribution in [0.2, 0.25) is 0 Å². The van der Waals surface area contributed by atoms with Crippen LogP contribution in [-0.4, -0.2) is 21.2 Å². The maximum absolute atomic E-state index is 11.2. The standard InChI is InChI=1S/C20H19NO5S/c1-2-16(19(23)24)13-5-9-15(10-6-13)26-14-7-3-12(4-8-14)11-17-18(22)21-20(25)27-17/h3-10,16,22H,2,11H2,1H3,(H,21,25)(H,23,24). The average Bonchev–Trinajstić information content (AvgIpc) is 2.95. The third-order valence-electron chi connectivity index (χ3n) is 4.21. The fraction of sp³-hybridized carbons (Fsp3) is 0.200. The Bertz CT molecular complexity index is 973. The quantitative estimate of drug-likeness (QED) is 0.568. The lowest BCUT2D eigenvalue weighted by molar-refractivity contribution is -0.138. The van der Waals surface area contributed by atoms with Gasteiger partial charge in [0.2, 0.25) is 5.88 Å². The van der Waals surface area contributed by atoms with E-state index in [0.717, 1.165) is 22.5 Å². The molecule has 27 heavy (non-hydrogen) atoms. The van der Waals surface area contributed by atoms with Gasteiger partial charge in [-0.3, -0.25) is 14.6 Å². The Balaban J connectivity index is 1.67. The molecule has 0 saturated carbocycles. The van der Waals surface area contributed by atoms with E-state index in [-0.39, 0.29) is 10.8 Å². The molecule has 7 heteroatoms. The Kier molecular flexibility index (Phi) is 5.61.